The number of rotatable bonds is 6. The molecule has 0 atom stereocenters. The van der Waals surface area contributed by atoms with Gasteiger partial charge < -0.3 is 9.47 Å². The lowest BCUT2D eigenvalue weighted by Crippen LogP contribution is -2.19. The maximum atomic E-state index is 11.9. The molecule has 0 bridgehead atoms. The standard InChI is InChI=1S/C14H20N2O3/c1-5-6-10(2)15-16-14(17)11-7-8-12(18-3)13(9-11)19-4/h7-9H,5-6H2,1-4H3,(H,16,17). The first-order valence-corrected chi connectivity index (χ1v) is 6.17. The van der Waals surface area contributed by atoms with Gasteiger partial charge in [0, 0.05) is 11.3 Å². The molecule has 0 aromatic heterocycles. The van der Waals surface area contributed by atoms with Crippen LogP contribution in [0.3, 0.4) is 0 Å². The highest BCUT2D eigenvalue weighted by Crippen LogP contribution is 2.27. The van der Waals surface area contributed by atoms with Crippen molar-refractivity contribution in [1.82, 2.24) is 5.43 Å². The molecule has 0 aliphatic carbocycles. The van der Waals surface area contributed by atoms with Crippen molar-refractivity contribution < 1.29 is 14.3 Å². The molecule has 0 spiro atoms. The van der Waals surface area contributed by atoms with E-state index < -0.39 is 0 Å². The van der Waals surface area contributed by atoms with Gasteiger partial charge in [0.25, 0.3) is 5.91 Å². The van der Waals surface area contributed by atoms with Crippen molar-refractivity contribution in [3.8, 4) is 11.5 Å². The van der Waals surface area contributed by atoms with E-state index in [1.54, 1.807) is 25.3 Å². The van der Waals surface area contributed by atoms with Crippen molar-refractivity contribution in [2.45, 2.75) is 26.7 Å². The maximum absolute atomic E-state index is 11.9. The average Bonchev–Trinajstić information content (AvgIpc) is 2.44. The van der Waals surface area contributed by atoms with Gasteiger partial charge in [0.2, 0.25) is 0 Å². The number of benzene rings is 1. The first-order chi connectivity index (χ1) is 9.12. The molecule has 0 saturated heterocycles. The van der Waals surface area contributed by atoms with Gasteiger partial charge in [0.05, 0.1) is 14.2 Å². The van der Waals surface area contributed by atoms with Crippen LogP contribution in [-0.4, -0.2) is 25.8 Å². The second kappa shape index (κ2) is 7.41. The van der Waals surface area contributed by atoms with Crippen molar-refractivity contribution in [2.24, 2.45) is 5.10 Å². The van der Waals surface area contributed by atoms with Crippen LogP contribution in [-0.2, 0) is 0 Å². The number of hydrogen-bond donors (Lipinski definition) is 1. The smallest absolute Gasteiger partial charge is 0.271 e. The molecule has 0 saturated carbocycles. The number of nitrogens with zero attached hydrogens (tertiary/aromatic N) is 1. The number of carbonyl (C=O) groups is 1. The Morgan fingerprint density at radius 2 is 1.95 bits per heavy atom. The number of nitrogens with one attached hydrogen (secondary N) is 1. The summed E-state index contributed by atoms with van der Waals surface area (Å²) < 4.78 is 10.3. The fourth-order valence-corrected chi connectivity index (χ4v) is 1.61. The Kier molecular flexibility index (Phi) is 5.85. The highest BCUT2D eigenvalue weighted by Gasteiger charge is 2.10. The predicted octanol–water partition coefficient (Wildman–Crippen LogP) is 2.61. The highest BCUT2D eigenvalue weighted by atomic mass is 16.5. The van der Waals surface area contributed by atoms with E-state index in [0.717, 1.165) is 18.6 Å². The Hall–Kier alpha value is -2.04. The van der Waals surface area contributed by atoms with Crippen molar-refractivity contribution in [2.75, 3.05) is 14.2 Å². The molecule has 1 rings (SSSR count). The van der Waals surface area contributed by atoms with Gasteiger partial charge in [-0.25, -0.2) is 5.43 Å². The van der Waals surface area contributed by atoms with E-state index in [0.29, 0.717) is 17.1 Å². The summed E-state index contributed by atoms with van der Waals surface area (Å²) in [5.74, 6) is 0.838. The van der Waals surface area contributed by atoms with Crippen LogP contribution in [0.15, 0.2) is 23.3 Å². The fourth-order valence-electron chi connectivity index (χ4n) is 1.61. The van der Waals surface area contributed by atoms with E-state index in [2.05, 4.69) is 17.5 Å². The molecule has 0 heterocycles. The second-order valence-electron chi connectivity index (χ2n) is 4.11. The molecule has 0 fully saturated rings. The molecule has 0 radical (unpaired) electrons. The van der Waals surface area contributed by atoms with E-state index in [1.807, 2.05) is 6.92 Å². The van der Waals surface area contributed by atoms with Gasteiger partial charge in [-0.2, -0.15) is 5.10 Å². The van der Waals surface area contributed by atoms with Gasteiger partial charge in [0.15, 0.2) is 11.5 Å². The molecule has 1 amide bonds. The third-order valence-electron chi connectivity index (χ3n) is 2.61. The van der Waals surface area contributed by atoms with Crippen molar-refractivity contribution in [3.63, 3.8) is 0 Å². The van der Waals surface area contributed by atoms with Crippen LogP contribution < -0.4 is 14.9 Å². The Morgan fingerprint density at radius 1 is 1.26 bits per heavy atom. The van der Waals surface area contributed by atoms with Gasteiger partial charge in [-0.05, 0) is 31.5 Å². The third-order valence-corrected chi connectivity index (χ3v) is 2.61. The largest absolute Gasteiger partial charge is 0.493 e. The molecule has 19 heavy (non-hydrogen) atoms. The molecule has 0 unspecified atom stereocenters. The summed E-state index contributed by atoms with van der Waals surface area (Å²) in [6.45, 7) is 3.95. The third kappa shape index (κ3) is 4.28. The zero-order chi connectivity index (χ0) is 14.3. The highest BCUT2D eigenvalue weighted by molar-refractivity contribution is 5.95. The van der Waals surface area contributed by atoms with Crippen LogP contribution in [0, 0.1) is 0 Å². The number of ether oxygens (including phenoxy) is 2. The first-order valence-electron chi connectivity index (χ1n) is 6.17. The zero-order valence-corrected chi connectivity index (χ0v) is 11.8. The topological polar surface area (TPSA) is 59.9 Å². The molecule has 0 aliphatic rings. The van der Waals surface area contributed by atoms with Crippen LogP contribution in [0.25, 0.3) is 0 Å². The number of carbonyl (C=O) groups excluding carboxylic acids is 1. The predicted molar refractivity (Wildman–Crippen MR) is 75.0 cm³/mol. The number of methoxy groups -OCH3 is 2. The maximum Gasteiger partial charge on any atom is 0.271 e. The van der Waals surface area contributed by atoms with E-state index >= 15 is 0 Å². The molecule has 0 aliphatic heterocycles. The van der Waals surface area contributed by atoms with Gasteiger partial charge in [-0.1, -0.05) is 13.3 Å². The average molecular weight is 264 g/mol. The van der Waals surface area contributed by atoms with E-state index in [-0.39, 0.29) is 5.91 Å². The van der Waals surface area contributed by atoms with Crippen molar-refractivity contribution >= 4 is 11.6 Å². The summed E-state index contributed by atoms with van der Waals surface area (Å²) in [4.78, 5) is 11.9. The first kappa shape index (κ1) is 15.0. The monoisotopic (exact) mass is 264 g/mol. The van der Waals surface area contributed by atoms with Crippen LogP contribution in [0.5, 0.6) is 11.5 Å². The molecule has 5 nitrogen and oxygen atoms in total. The van der Waals surface area contributed by atoms with Gasteiger partial charge in [-0.3, -0.25) is 4.79 Å². The lowest BCUT2D eigenvalue weighted by Gasteiger charge is -2.08. The number of amides is 1. The quantitative estimate of drug-likeness (QED) is 0.634. The molecular formula is C14H20N2O3. The van der Waals surface area contributed by atoms with E-state index in [1.165, 1.54) is 7.11 Å². The molecule has 104 valence electrons. The van der Waals surface area contributed by atoms with Crippen molar-refractivity contribution in [1.29, 1.82) is 0 Å². The molecule has 1 aromatic carbocycles. The Balaban J connectivity index is 2.80. The van der Waals surface area contributed by atoms with Crippen molar-refractivity contribution in [3.05, 3.63) is 23.8 Å². The molecule has 1 aromatic rings. The minimum atomic E-state index is -0.267. The Morgan fingerprint density at radius 3 is 2.53 bits per heavy atom. The summed E-state index contributed by atoms with van der Waals surface area (Å²) in [7, 11) is 3.08. The van der Waals surface area contributed by atoms with Gasteiger partial charge >= 0.3 is 0 Å². The van der Waals surface area contributed by atoms with Gasteiger partial charge in [-0.15, -0.1) is 0 Å². The summed E-state index contributed by atoms with van der Waals surface area (Å²) in [5, 5.41) is 4.03. The summed E-state index contributed by atoms with van der Waals surface area (Å²) in [6.07, 6.45) is 1.87. The lowest BCUT2D eigenvalue weighted by atomic mass is 10.2. The summed E-state index contributed by atoms with van der Waals surface area (Å²) in [6, 6.07) is 4.98. The van der Waals surface area contributed by atoms with Crippen LogP contribution in [0.1, 0.15) is 37.0 Å². The Bertz CT molecular complexity index is 470. The summed E-state index contributed by atoms with van der Waals surface area (Å²) >= 11 is 0. The number of hydrazone groups is 1. The second-order valence-corrected chi connectivity index (χ2v) is 4.11. The fraction of sp³-hybridized carbons (Fsp3) is 0.429. The molecule has 5 heteroatoms. The molecular weight excluding hydrogens is 244 g/mol. The van der Waals surface area contributed by atoms with Crippen LogP contribution in [0.4, 0.5) is 0 Å². The van der Waals surface area contributed by atoms with E-state index in [4.69, 9.17) is 9.47 Å². The normalized spacial score (nSPS) is 11.1. The van der Waals surface area contributed by atoms with Crippen LogP contribution in [0.2, 0.25) is 0 Å². The SMILES string of the molecule is CCCC(C)=NNC(=O)c1ccc(OC)c(OC)c1. The molecule has 1 N–H and O–H groups in total. The number of hydrogen-bond acceptors (Lipinski definition) is 4. The van der Waals surface area contributed by atoms with E-state index in [9.17, 15) is 4.79 Å². The Labute approximate surface area is 113 Å². The summed E-state index contributed by atoms with van der Waals surface area (Å²) in [5.41, 5.74) is 3.90. The minimum absolute atomic E-state index is 0.267. The van der Waals surface area contributed by atoms with Crippen LogP contribution >= 0.6 is 0 Å². The lowest BCUT2D eigenvalue weighted by molar-refractivity contribution is 0.0954. The van der Waals surface area contributed by atoms with Gasteiger partial charge in [0.1, 0.15) is 0 Å². The zero-order valence-electron chi connectivity index (χ0n) is 11.8. The minimum Gasteiger partial charge on any atom is -0.493 e.